The fourth-order valence-corrected chi connectivity index (χ4v) is 4.38. The van der Waals surface area contributed by atoms with E-state index < -0.39 is 0 Å². The van der Waals surface area contributed by atoms with Gasteiger partial charge in [-0.15, -0.1) is 0 Å². The number of H-pyrrole nitrogens is 1. The fraction of sp³-hybridized carbons (Fsp3) is 0.292. The summed E-state index contributed by atoms with van der Waals surface area (Å²) in [5.41, 5.74) is 3.23. The van der Waals surface area contributed by atoms with E-state index in [-0.39, 0.29) is 18.6 Å². The highest BCUT2D eigenvalue weighted by molar-refractivity contribution is 6.06. The Morgan fingerprint density at radius 1 is 1.13 bits per heavy atom. The van der Waals surface area contributed by atoms with Crippen molar-refractivity contribution in [2.24, 2.45) is 0 Å². The number of carbonyl (C=O) groups is 1. The molecule has 7 heteroatoms. The number of hydrogen-bond acceptors (Lipinski definition) is 4. The first-order chi connectivity index (χ1) is 15.2. The van der Waals surface area contributed by atoms with Crippen LogP contribution in [0.2, 0.25) is 0 Å². The lowest BCUT2D eigenvalue weighted by Gasteiger charge is -2.31. The van der Waals surface area contributed by atoms with Gasteiger partial charge in [-0.2, -0.15) is 5.10 Å². The summed E-state index contributed by atoms with van der Waals surface area (Å²) < 4.78 is 12.5. The van der Waals surface area contributed by atoms with E-state index in [0.29, 0.717) is 12.2 Å². The number of aromatic amines is 1. The molecule has 0 bridgehead atoms. The summed E-state index contributed by atoms with van der Waals surface area (Å²) in [7, 11) is 0. The van der Waals surface area contributed by atoms with Crippen LogP contribution in [0, 0.1) is 0 Å². The number of alkyl halides is 1. The van der Waals surface area contributed by atoms with Crippen LogP contribution in [0.5, 0.6) is 0 Å². The van der Waals surface area contributed by atoms with Crippen molar-refractivity contribution in [3.8, 4) is 11.1 Å². The van der Waals surface area contributed by atoms with Crippen molar-refractivity contribution in [1.82, 2.24) is 25.4 Å². The molecule has 6 nitrogen and oxygen atoms in total. The molecule has 5 rings (SSSR count). The van der Waals surface area contributed by atoms with E-state index in [0.717, 1.165) is 58.7 Å². The summed E-state index contributed by atoms with van der Waals surface area (Å²) in [6, 6.07) is 14.2. The van der Waals surface area contributed by atoms with E-state index in [2.05, 4.69) is 31.5 Å². The number of carbonyl (C=O) groups excluding carboxylic acids is 1. The number of nitrogens with one attached hydrogen (secondary N) is 2. The van der Waals surface area contributed by atoms with Crippen molar-refractivity contribution in [2.75, 3.05) is 26.3 Å². The smallest absolute Gasteiger partial charge is 0.272 e. The van der Waals surface area contributed by atoms with E-state index >= 15 is 0 Å². The summed E-state index contributed by atoms with van der Waals surface area (Å²) >= 11 is 0. The van der Waals surface area contributed by atoms with Gasteiger partial charge in [0.1, 0.15) is 6.67 Å². The highest BCUT2D eigenvalue weighted by Crippen LogP contribution is 2.30. The van der Waals surface area contributed by atoms with Crippen LogP contribution in [0.15, 0.2) is 54.9 Å². The number of pyridine rings is 1. The van der Waals surface area contributed by atoms with E-state index in [4.69, 9.17) is 0 Å². The minimum Gasteiger partial charge on any atom is -0.348 e. The zero-order valence-corrected chi connectivity index (χ0v) is 17.1. The molecule has 31 heavy (non-hydrogen) atoms. The number of likely N-dealkylation sites (tertiary alicyclic amines) is 1. The average molecular weight is 417 g/mol. The van der Waals surface area contributed by atoms with Crippen molar-refractivity contribution in [3.05, 3.63) is 60.6 Å². The van der Waals surface area contributed by atoms with E-state index in [1.165, 1.54) is 0 Å². The van der Waals surface area contributed by atoms with Gasteiger partial charge in [0.15, 0.2) is 5.69 Å². The Kier molecular flexibility index (Phi) is 5.34. The van der Waals surface area contributed by atoms with Crippen molar-refractivity contribution in [1.29, 1.82) is 0 Å². The van der Waals surface area contributed by atoms with Crippen molar-refractivity contribution in [2.45, 2.75) is 18.9 Å². The molecule has 1 fully saturated rings. The molecule has 0 spiro atoms. The largest absolute Gasteiger partial charge is 0.348 e. The molecule has 0 radical (unpaired) electrons. The maximum Gasteiger partial charge on any atom is 0.272 e. The fourth-order valence-electron chi connectivity index (χ4n) is 4.38. The average Bonchev–Trinajstić information content (AvgIpc) is 3.23. The first kappa shape index (κ1) is 19.6. The molecule has 4 aromatic rings. The van der Waals surface area contributed by atoms with Crippen molar-refractivity contribution >= 4 is 27.6 Å². The van der Waals surface area contributed by atoms with Gasteiger partial charge in [0.2, 0.25) is 0 Å². The lowest BCUT2D eigenvalue weighted by Crippen LogP contribution is -2.45. The number of rotatable bonds is 5. The summed E-state index contributed by atoms with van der Waals surface area (Å²) in [6.45, 7) is 1.74. The Hall–Kier alpha value is -3.32. The van der Waals surface area contributed by atoms with Crippen LogP contribution >= 0.6 is 0 Å². The minimum absolute atomic E-state index is 0.0839. The molecule has 1 aliphatic rings. The van der Waals surface area contributed by atoms with Gasteiger partial charge in [-0.05, 0) is 35.9 Å². The predicted octanol–water partition coefficient (Wildman–Crippen LogP) is 3.94. The van der Waals surface area contributed by atoms with Crippen LogP contribution in [0.4, 0.5) is 4.39 Å². The van der Waals surface area contributed by atoms with Crippen LogP contribution in [0.1, 0.15) is 23.3 Å². The van der Waals surface area contributed by atoms with Gasteiger partial charge in [0.25, 0.3) is 5.91 Å². The number of amides is 1. The quantitative estimate of drug-likeness (QED) is 0.516. The summed E-state index contributed by atoms with van der Waals surface area (Å²) in [6.07, 6.45) is 5.35. The molecule has 0 unspecified atom stereocenters. The van der Waals surface area contributed by atoms with Crippen LogP contribution in [-0.4, -0.2) is 58.3 Å². The second-order valence-corrected chi connectivity index (χ2v) is 8.02. The predicted molar refractivity (Wildman–Crippen MR) is 120 cm³/mol. The molecule has 0 saturated carbocycles. The molecule has 1 saturated heterocycles. The summed E-state index contributed by atoms with van der Waals surface area (Å²) in [4.78, 5) is 19.5. The van der Waals surface area contributed by atoms with Crippen LogP contribution in [-0.2, 0) is 0 Å². The molecule has 0 atom stereocenters. The van der Waals surface area contributed by atoms with Crippen LogP contribution < -0.4 is 5.32 Å². The van der Waals surface area contributed by atoms with Crippen molar-refractivity contribution < 1.29 is 9.18 Å². The van der Waals surface area contributed by atoms with Crippen LogP contribution in [0.3, 0.4) is 0 Å². The first-order valence-electron chi connectivity index (χ1n) is 10.6. The Morgan fingerprint density at radius 3 is 2.81 bits per heavy atom. The SMILES string of the molecule is O=C(NC1CCN(CCF)CC1)c1n[nH]c2ccc(-c3cncc4ccccc34)cc12. The van der Waals surface area contributed by atoms with Gasteiger partial charge >= 0.3 is 0 Å². The molecule has 158 valence electrons. The molecule has 0 aliphatic carbocycles. The molecular formula is C24H24FN5O. The standard InChI is InChI=1S/C24H24FN5O/c25-9-12-30-10-7-18(8-11-30)27-24(31)23-20-13-16(5-6-22(20)28-29-23)21-15-26-14-17-3-1-2-4-19(17)21/h1-6,13-15,18H,7-12H2,(H,27,31)(H,28,29). The number of fused-ring (bicyclic) bond motifs is 2. The number of nitrogens with zero attached hydrogens (tertiary/aromatic N) is 3. The number of benzene rings is 2. The maximum absolute atomic E-state index is 13.0. The molecule has 2 aromatic heterocycles. The zero-order valence-electron chi connectivity index (χ0n) is 17.1. The number of piperidine rings is 1. The second-order valence-electron chi connectivity index (χ2n) is 8.02. The van der Waals surface area contributed by atoms with Gasteiger partial charge in [-0.3, -0.25) is 14.9 Å². The number of hydrogen-bond donors (Lipinski definition) is 2. The Labute approximate surface area is 179 Å². The Morgan fingerprint density at radius 2 is 1.97 bits per heavy atom. The molecule has 1 amide bonds. The van der Waals surface area contributed by atoms with Gasteiger partial charge in [0, 0.05) is 54.4 Å². The second kappa shape index (κ2) is 8.43. The van der Waals surface area contributed by atoms with Gasteiger partial charge in [0.05, 0.1) is 5.52 Å². The third kappa shape index (κ3) is 3.88. The normalized spacial score (nSPS) is 15.5. The van der Waals surface area contributed by atoms with Gasteiger partial charge in [-0.25, -0.2) is 4.39 Å². The zero-order chi connectivity index (χ0) is 21.2. The summed E-state index contributed by atoms with van der Waals surface area (Å²) in [5, 5.41) is 13.4. The molecule has 2 aromatic carbocycles. The highest BCUT2D eigenvalue weighted by Gasteiger charge is 2.23. The molecule has 1 aliphatic heterocycles. The van der Waals surface area contributed by atoms with Gasteiger partial charge in [-0.1, -0.05) is 30.3 Å². The lowest BCUT2D eigenvalue weighted by molar-refractivity contribution is 0.0905. The van der Waals surface area contributed by atoms with Gasteiger partial charge < -0.3 is 10.2 Å². The first-order valence-corrected chi connectivity index (χ1v) is 10.6. The lowest BCUT2D eigenvalue weighted by atomic mass is 9.99. The maximum atomic E-state index is 13.0. The third-order valence-electron chi connectivity index (χ3n) is 6.08. The van der Waals surface area contributed by atoms with E-state index in [1.54, 1.807) is 0 Å². The molecule has 3 heterocycles. The van der Waals surface area contributed by atoms with E-state index in [9.17, 15) is 9.18 Å². The monoisotopic (exact) mass is 417 g/mol. The molecular weight excluding hydrogens is 393 g/mol. The number of aromatic nitrogens is 3. The number of halogens is 1. The van der Waals surface area contributed by atoms with E-state index in [1.807, 2.05) is 48.8 Å². The van der Waals surface area contributed by atoms with Crippen LogP contribution in [0.25, 0.3) is 32.8 Å². The Bertz CT molecular complexity index is 1220. The molecule has 2 N–H and O–H groups in total. The highest BCUT2D eigenvalue weighted by atomic mass is 19.1. The van der Waals surface area contributed by atoms with Crippen molar-refractivity contribution in [3.63, 3.8) is 0 Å². The third-order valence-corrected chi connectivity index (χ3v) is 6.08. The summed E-state index contributed by atoms with van der Waals surface area (Å²) in [5.74, 6) is -0.177. The minimum atomic E-state index is -0.329. The topological polar surface area (TPSA) is 73.9 Å². The Balaban J connectivity index is 1.41.